The normalized spacial score (nSPS) is 17.4. The monoisotopic (exact) mass is 749 g/mol. The van der Waals surface area contributed by atoms with Gasteiger partial charge in [0.2, 0.25) is 23.5 Å². The average Bonchev–Trinajstić information content (AvgIpc) is 3.87. The average molecular weight is 750 g/mol. The predicted molar refractivity (Wildman–Crippen MR) is 212 cm³/mol. The van der Waals surface area contributed by atoms with Gasteiger partial charge in [0.15, 0.2) is 17.8 Å². The summed E-state index contributed by atoms with van der Waals surface area (Å²) in [5.74, 6) is 0.291. The topological polar surface area (TPSA) is 139 Å². The number of likely N-dealkylation sites (tertiary alicyclic amines) is 2. The number of halogens is 1. The van der Waals surface area contributed by atoms with Gasteiger partial charge in [-0.3, -0.25) is 24.8 Å². The van der Waals surface area contributed by atoms with Crippen LogP contribution in [-0.2, 0) is 9.59 Å². The molecule has 0 radical (unpaired) electrons. The summed E-state index contributed by atoms with van der Waals surface area (Å²) in [7, 11) is 0. The quantitative estimate of drug-likeness (QED) is 0.0926. The van der Waals surface area contributed by atoms with Gasteiger partial charge >= 0.3 is 0 Å². The molecule has 4 aromatic heterocycles. The Morgan fingerprint density at radius 2 is 1.44 bits per heavy atom. The molecule has 290 valence electrons. The third-order valence-electron chi connectivity index (χ3n) is 11.4. The van der Waals surface area contributed by atoms with Crippen molar-refractivity contribution in [2.24, 2.45) is 10.8 Å². The van der Waals surface area contributed by atoms with E-state index in [0.717, 1.165) is 86.8 Å². The highest BCUT2D eigenvalue weighted by molar-refractivity contribution is 5.95. The molecule has 4 N–H and O–H groups in total. The second-order valence-corrected chi connectivity index (χ2v) is 16.5. The second-order valence-electron chi connectivity index (χ2n) is 16.5. The number of fused-ring (bicyclic) bond motifs is 1. The molecule has 1 aromatic carbocycles. The van der Waals surface area contributed by atoms with Gasteiger partial charge in [-0.15, -0.1) is 0 Å². The van der Waals surface area contributed by atoms with E-state index in [-0.39, 0.29) is 18.0 Å². The van der Waals surface area contributed by atoms with Crippen molar-refractivity contribution in [3.8, 4) is 22.5 Å². The summed E-state index contributed by atoms with van der Waals surface area (Å²) in [5.41, 5.74) is 2.86. The van der Waals surface area contributed by atoms with E-state index in [4.69, 9.17) is 0 Å². The molecule has 0 spiro atoms. The third-order valence-corrected chi connectivity index (χ3v) is 11.4. The summed E-state index contributed by atoms with van der Waals surface area (Å²) in [5, 5.41) is 21.9. The van der Waals surface area contributed by atoms with Crippen LogP contribution in [0.15, 0.2) is 67.1 Å². The largest absolute Gasteiger partial charge is 0.309 e. The fourth-order valence-electron chi connectivity index (χ4n) is 7.68. The first-order chi connectivity index (χ1) is 26.4. The van der Waals surface area contributed by atoms with Crippen molar-refractivity contribution in [1.29, 1.82) is 0 Å². The minimum absolute atomic E-state index is 0.0267. The molecule has 1 atom stereocenters. The molecule has 13 heteroatoms. The van der Waals surface area contributed by atoms with Crippen LogP contribution in [0.25, 0.3) is 33.4 Å². The molecule has 12 nitrogen and oxygen atoms in total. The maximum Gasteiger partial charge on any atom is 0.231 e. The molecule has 6 heterocycles. The number of aromatic amines is 2. The van der Waals surface area contributed by atoms with Gasteiger partial charge in [-0.2, -0.15) is 14.8 Å². The van der Waals surface area contributed by atoms with Crippen molar-refractivity contribution >= 4 is 34.4 Å². The number of rotatable bonds is 13. The molecule has 2 fully saturated rings. The number of carbonyl (C=O) groups is 2. The van der Waals surface area contributed by atoms with Crippen molar-refractivity contribution in [1.82, 2.24) is 35.2 Å². The van der Waals surface area contributed by atoms with Crippen LogP contribution < -0.4 is 15.2 Å². The number of benzene rings is 1. The van der Waals surface area contributed by atoms with Gasteiger partial charge in [-0.25, -0.2) is 9.29 Å². The zero-order valence-corrected chi connectivity index (χ0v) is 32.5. The number of nitrogens with zero attached hydrogens (tertiary/aromatic N) is 6. The summed E-state index contributed by atoms with van der Waals surface area (Å²) in [6.07, 6.45) is 13.3. The van der Waals surface area contributed by atoms with Crippen LogP contribution >= 0.6 is 0 Å². The Kier molecular flexibility index (Phi) is 11.4. The summed E-state index contributed by atoms with van der Waals surface area (Å²) < 4.78 is 16.1. The van der Waals surface area contributed by atoms with Crippen LogP contribution in [0.4, 0.5) is 16.0 Å². The standard InChI is InChI=1S/C42H53FN10O2/c1-41(2,15-20-51-17-9-5-10-18-51)39(54)46-37-25-34(48-50-37)31-22-29-12-6-7-13-35(29)53(28-31)38-14-8-11-19-52(38)21-16-42(3,4)40(55)45-36-24-33(47-49-36)30-23-32(43)27-44-26-30/h6-7,12-13,22-28,38H,5,8-11,14-21H2,1-4H3,(H3-,45,46,47,48,49,50,54,55)/p+1. The van der Waals surface area contributed by atoms with Crippen LogP contribution in [0.2, 0.25) is 0 Å². The van der Waals surface area contributed by atoms with E-state index in [2.05, 4.69) is 86.9 Å². The number of hydrogen-bond acceptors (Lipinski definition) is 7. The Morgan fingerprint density at radius 3 is 2.13 bits per heavy atom. The molecule has 0 aliphatic carbocycles. The number of amides is 2. The van der Waals surface area contributed by atoms with Gasteiger partial charge in [0.1, 0.15) is 5.82 Å². The fourth-order valence-corrected chi connectivity index (χ4v) is 7.68. The lowest BCUT2D eigenvalue weighted by molar-refractivity contribution is -0.722. The minimum atomic E-state index is -0.686. The Bertz CT molecular complexity index is 2120. The van der Waals surface area contributed by atoms with Crippen molar-refractivity contribution in [2.45, 2.75) is 85.2 Å². The molecule has 0 saturated carbocycles. The molecule has 0 bridgehead atoms. The number of hydrogen-bond donors (Lipinski definition) is 4. The Hall–Kier alpha value is -5.01. The number of H-pyrrole nitrogens is 2. The number of piperidine rings is 2. The van der Waals surface area contributed by atoms with Crippen LogP contribution in [0.3, 0.4) is 0 Å². The van der Waals surface area contributed by atoms with Crippen molar-refractivity contribution in [2.75, 3.05) is 43.4 Å². The van der Waals surface area contributed by atoms with Gasteiger partial charge in [0.05, 0.1) is 23.1 Å². The van der Waals surface area contributed by atoms with E-state index >= 15 is 0 Å². The first kappa shape index (κ1) is 38.3. The highest BCUT2D eigenvalue weighted by atomic mass is 19.1. The first-order valence-corrected chi connectivity index (χ1v) is 19.7. The van der Waals surface area contributed by atoms with E-state index in [1.54, 1.807) is 12.3 Å². The molecular formula is C42H54FN10O2+. The summed E-state index contributed by atoms with van der Waals surface area (Å²) in [6, 6.07) is 15.6. The smallest absolute Gasteiger partial charge is 0.231 e. The van der Waals surface area contributed by atoms with E-state index in [9.17, 15) is 14.0 Å². The van der Waals surface area contributed by atoms with Gasteiger partial charge in [0, 0.05) is 65.7 Å². The number of pyridine rings is 2. The van der Waals surface area contributed by atoms with E-state index in [1.165, 1.54) is 25.3 Å². The maximum atomic E-state index is 13.7. The number of anilines is 2. The maximum absolute atomic E-state index is 13.7. The molecule has 2 aliphatic rings. The SMILES string of the molecule is CC(C)(CCN1CCCCC1)C(=O)Nc1cc(-c2cc3ccccc3[n+](C3CCCCN3CCC(C)(C)C(=O)Nc3cc(-c4cncc(F)c4)[nH]n3)c2)[nH]n1. The van der Waals surface area contributed by atoms with Crippen LogP contribution in [-0.4, -0.2) is 79.7 Å². The molecule has 2 saturated heterocycles. The van der Waals surface area contributed by atoms with Gasteiger partial charge < -0.3 is 15.5 Å². The van der Waals surface area contributed by atoms with E-state index in [1.807, 2.05) is 33.8 Å². The molecule has 1 unspecified atom stereocenters. The molecule has 2 amide bonds. The number of aromatic nitrogens is 6. The Morgan fingerprint density at radius 1 is 0.800 bits per heavy atom. The first-order valence-electron chi connectivity index (χ1n) is 19.7. The lowest BCUT2D eigenvalue weighted by atomic mass is 9.87. The fraction of sp³-hybridized carbons (Fsp3) is 0.476. The molecule has 2 aliphatic heterocycles. The van der Waals surface area contributed by atoms with Gasteiger partial charge in [-0.05, 0) is 76.4 Å². The van der Waals surface area contributed by atoms with E-state index < -0.39 is 16.6 Å². The third kappa shape index (κ3) is 9.11. The number of nitrogens with one attached hydrogen (secondary N) is 4. The molecule has 5 aromatic rings. The van der Waals surface area contributed by atoms with Crippen molar-refractivity contribution < 1.29 is 18.5 Å². The zero-order chi connectivity index (χ0) is 38.6. The summed E-state index contributed by atoms with van der Waals surface area (Å²) in [6.45, 7) is 12.8. The van der Waals surface area contributed by atoms with Crippen LogP contribution in [0, 0.1) is 16.6 Å². The molecule has 7 rings (SSSR count). The lowest BCUT2D eigenvalue weighted by Gasteiger charge is -2.34. The zero-order valence-electron chi connectivity index (χ0n) is 32.5. The van der Waals surface area contributed by atoms with Crippen molar-refractivity contribution in [3.63, 3.8) is 0 Å². The Balaban J connectivity index is 1.04. The van der Waals surface area contributed by atoms with Gasteiger partial charge in [-0.1, -0.05) is 46.2 Å². The second kappa shape index (κ2) is 16.4. The predicted octanol–water partition coefficient (Wildman–Crippen LogP) is 7.32. The van der Waals surface area contributed by atoms with Gasteiger partial charge in [0.25, 0.3) is 0 Å². The van der Waals surface area contributed by atoms with Crippen LogP contribution in [0.1, 0.15) is 85.2 Å². The summed E-state index contributed by atoms with van der Waals surface area (Å²) >= 11 is 0. The molecule has 55 heavy (non-hydrogen) atoms. The lowest BCUT2D eigenvalue weighted by Crippen LogP contribution is -2.53. The minimum Gasteiger partial charge on any atom is -0.309 e. The highest BCUT2D eigenvalue weighted by Gasteiger charge is 2.36. The summed E-state index contributed by atoms with van der Waals surface area (Å²) in [4.78, 5) is 35.8. The highest BCUT2D eigenvalue weighted by Crippen LogP contribution is 2.31. The van der Waals surface area contributed by atoms with E-state index in [0.29, 0.717) is 29.3 Å². The number of para-hydroxylation sites is 1. The van der Waals surface area contributed by atoms with Crippen molar-refractivity contribution in [3.05, 3.63) is 72.9 Å². The Labute approximate surface area is 322 Å². The molecular weight excluding hydrogens is 696 g/mol. The number of carbonyl (C=O) groups excluding carboxylic acids is 2. The van der Waals surface area contributed by atoms with Crippen LogP contribution in [0.5, 0.6) is 0 Å².